The maximum atomic E-state index is 5.73. The van der Waals surface area contributed by atoms with Gasteiger partial charge in [0.15, 0.2) is 5.96 Å². The van der Waals surface area contributed by atoms with E-state index in [9.17, 15) is 0 Å². The molecule has 0 fully saturated rings. The third-order valence-corrected chi connectivity index (χ3v) is 2.85. The number of aromatic nitrogens is 1. The van der Waals surface area contributed by atoms with E-state index < -0.39 is 0 Å². The molecule has 21 heavy (non-hydrogen) atoms. The van der Waals surface area contributed by atoms with Crippen LogP contribution in [0.25, 0.3) is 0 Å². The first-order valence-electron chi connectivity index (χ1n) is 7.56. The second-order valence-electron chi connectivity index (χ2n) is 5.85. The minimum atomic E-state index is -0.0236. The molecule has 118 valence electrons. The van der Waals surface area contributed by atoms with Gasteiger partial charge < -0.3 is 15.1 Å². The van der Waals surface area contributed by atoms with Crippen molar-refractivity contribution >= 4 is 5.96 Å². The van der Waals surface area contributed by atoms with E-state index in [1.54, 1.807) is 6.20 Å². The van der Waals surface area contributed by atoms with Gasteiger partial charge in [-0.05, 0) is 20.3 Å². The van der Waals surface area contributed by atoms with Gasteiger partial charge in [-0.2, -0.15) is 0 Å². The molecule has 5 nitrogen and oxygen atoms in total. The van der Waals surface area contributed by atoms with E-state index in [0.29, 0.717) is 12.4 Å². The molecule has 0 radical (unpaired) electrons. The van der Waals surface area contributed by atoms with Crippen molar-refractivity contribution < 1.29 is 4.42 Å². The van der Waals surface area contributed by atoms with Gasteiger partial charge >= 0.3 is 0 Å². The average molecular weight is 292 g/mol. The number of nitrogens with zero attached hydrogens (tertiary/aromatic N) is 2. The summed E-state index contributed by atoms with van der Waals surface area (Å²) in [7, 11) is 0. The van der Waals surface area contributed by atoms with E-state index in [1.807, 2.05) is 19.9 Å². The van der Waals surface area contributed by atoms with Crippen LogP contribution in [0.3, 0.4) is 0 Å². The quantitative estimate of drug-likeness (QED) is 0.366. The summed E-state index contributed by atoms with van der Waals surface area (Å²) in [5, 5.41) is 6.49. The maximum Gasteiger partial charge on any atom is 0.216 e. The molecule has 1 aromatic heterocycles. The molecule has 0 bridgehead atoms. The predicted octanol–water partition coefficient (Wildman–Crippen LogP) is 2.99. The summed E-state index contributed by atoms with van der Waals surface area (Å²) in [6.07, 6.45) is 6.94. The fraction of sp³-hybridized carbons (Fsp3) is 0.625. The predicted molar refractivity (Wildman–Crippen MR) is 87.5 cm³/mol. The van der Waals surface area contributed by atoms with Crippen LogP contribution >= 0.6 is 0 Å². The highest BCUT2D eigenvalue weighted by atomic mass is 16.4. The molecule has 1 heterocycles. The van der Waals surface area contributed by atoms with Crippen LogP contribution in [0.4, 0.5) is 0 Å². The van der Waals surface area contributed by atoms with E-state index >= 15 is 0 Å². The van der Waals surface area contributed by atoms with Crippen LogP contribution in [0.15, 0.2) is 27.8 Å². The fourth-order valence-corrected chi connectivity index (χ4v) is 1.66. The number of aliphatic imine (C=N–C) groups is 1. The SMILES string of the molecule is CC=CCCNC(=NCc1ncc(C(C)(C)C)o1)NCC. The average Bonchev–Trinajstić information content (AvgIpc) is 2.89. The molecule has 0 aliphatic rings. The Hall–Kier alpha value is -1.78. The summed E-state index contributed by atoms with van der Waals surface area (Å²) < 4.78 is 5.73. The molecule has 0 saturated carbocycles. The Labute approximate surface area is 127 Å². The van der Waals surface area contributed by atoms with E-state index in [0.717, 1.165) is 31.2 Å². The number of nitrogens with one attached hydrogen (secondary N) is 2. The van der Waals surface area contributed by atoms with Crippen LogP contribution < -0.4 is 10.6 Å². The number of rotatable bonds is 6. The summed E-state index contributed by atoms with van der Waals surface area (Å²) in [6.45, 7) is 12.5. The molecule has 0 spiro atoms. The molecule has 0 aliphatic carbocycles. The third-order valence-electron chi connectivity index (χ3n) is 2.85. The second-order valence-corrected chi connectivity index (χ2v) is 5.85. The zero-order valence-electron chi connectivity index (χ0n) is 13.9. The van der Waals surface area contributed by atoms with Crippen molar-refractivity contribution in [1.29, 1.82) is 0 Å². The zero-order valence-corrected chi connectivity index (χ0v) is 13.9. The Balaban J connectivity index is 2.58. The van der Waals surface area contributed by atoms with Gasteiger partial charge in [0.2, 0.25) is 5.89 Å². The van der Waals surface area contributed by atoms with Gasteiger partial charge in [-0.1, -0.05) is 32.9 Å². The molecule has 0 atom stereocenters. The highest BCUT2D eigenvalue weighted by Crippen LogP contribution is 2.22. The fourth-order valence-electron chi connectivity index (χ4n) is 1.66. The van der Waals surface area contributed by atoms with E-state index in [2.05, 4.69) is 47.5 Å². The minimum absolute atomic E-state index is 0.0236. The van der Waals surface area contributed by atoms with Gasteiger partial charge in [0.05, 0.1) is 6.20 Å². The van der Waals surface area contributed by atoms with E-state index in [4.69, 9.17) is 4.42 Å². The number of hydrogen-bond acceptors (Lipinski definition) is 3. The van der Waals surface area contributed by atoms with Gasteiger partial charge in [0.1, 0.15) is 12.3 Å². The molecule has 5 heteroatoms. The molecule has 2 N–H and O–H groups in total. The lowest BCUT2D eigenvalue weighted by Crippen LogP contribution is -2.37. The number of oxazole rings is 1. The topological polar surface area (TPSA) is 62.5 Å². The second kappa shape index (κ2) is 8.49. The van der Waals surface area contributed by atoms with Crippen molar-refractivity contribution in [2.75, 3.05) is 13.1 Å². The number of allylic oxidation sites excluding steroid dienone is 1. The molecule has 0 saturated heterocycles. The zero-order chi connectivity index (χ0) is 15.7. The lowest BCUT2D eigenvalue weighted by molar-refractivity contribution is 0.383. The van der Waals surface area contributed by atoms with E-state index in [-0.39, 0.29) is 5.41 Å². The highest BCUT2D eigenvalue weighted by Gasteiger charge is 2.18. The largest absolute Gasteiger partial charge is 0.443 e. The molecule has 1 rings (SSSR count). The molecular weight excluding hydrogens is 264 g/mol. The molecule has 0 aliphatic heterocycles. The summed E-state index contributed by atoms with van der Waals surface area (Å²) in [5.41, 5.74) is -0.0236. The van der Waals surface area contributed by atoms with Crippen molar-refractivity contribution in [3.05, 3.63) is 30.0 Å². The Morgan fingerprint density at radius 3 is 2.71 bits per heavy atom. The monoisotopic (exact) mass is 292 g/mol. The summed E-state index contributed by atoms with van der Waals surface area (Å²) >= 11 is 0. The summed E-state index contributed by atoms with van der Waals surface area (Å²) in [5.74, 6) is 2.32. The first kappa shape index (κ1) is 17.3. The van der Waals surface area contributed by atoms with Crippen LogP contribution in [-0.4, -0.2) is 24.0 Å². The first-order valence-corrected chi connectivity index (χ1v) is 7.56. The molecular formula is C16H28N4O. The van der Waals surface area contributed by atoms with Gasteiger partial charge in [-0.15, -0.1) is 0 Å². The Morgan fingerprint density at radius 1 is 1.38 bits per heavy atom. The van der Waals surface area contributed by atoms with Crippen LogP contribution in [0, 0.1) is 0 Å². The van der Waals surface area contributed by atoms with Crippen molar-refractivity contribution in [2.45, 2.75) is 53.0 Å². The van der Waals surface area contributed by atoms with E-state index in [1.165, 1.54) is 0 Å². The summed E-state index contributed by atoms with van der Waals surface area (Å²) in [6, 6.07) is 0. The van der Waals surface area contributed by atoms with Gasteiger partial charge in [0, 0.05) is 18.5 Å². The van der Waals surface area contributed by atoms with Crippen molar-refractivity contribution in [1.82, 2.24) is 15.6 Å². The third kappa shape index (κ3) is 6.47. The minimum Gasteiger partial charge on any atom is -0.443 e. The van der Waals surface area contributed by atoms with Crippen LogP contribution in [0.2, 0.25) is 0 Å². The van der Waals surface area contributed by atoms with Gasteiger partial charge in [-0.25, -0.2) is 9.98 Å². The van der Waals surface area contributed by atoms with Crippen LogP contribution in [-0.2, 0) is 12.0 Å². The Kier molecular flexibility index (Phi) is 6.99. The van der Waals surface area contributed by atoms with Crippen molar-refractivity contribution in [3.63, 3.8) is 0 Å². The maximum absolute atomic E-state index is 5.73. The first-order chi connectivity index (χ1) is 9.97. The van der Waals surface area contributed by atoms with Crippen LogP contribution in [0.5, 0.6) is 0 Å². The highest BCUT2D eigenvalue weighted by molar-refractivity contribution is 5.79. The lowest BCUT2D eigenvalue weighted by atomic mass is 9.94. The van der Waals surface area contributed by atoms with Crippen molar-refractivity contribution in [2.24, 2.45) is 4.99 Å². The van der Waals surface area contributed by atoms with Crippen LogP contribution in [0.1, 0.15) is 52.7 Å². The number of guanidine groups is 1. The smallest absolute Gasteiger partial charge is 0.216 e. The van der Waals surface area contributed by atoms with Crippen molar-refractivity contribution in [3.8, 4) is 0 Å². The molecule has 1 aromatic rings. The Morgan fingerprint density at radius 2 is 2.14 bits per heavy atom. The summed E-state index contributed by atoms with van der Waals surface area (Å²) in [4.78, 5) is 8.77. The molecule has 0 aromatic carbocycles. The normalized spacial score (nSPS) is 12.9. The standard InChI is InChI=1S/C16H28N4O/c1-6-8-9-10-18-15(17-7-2)20-12-14-19-11-13(21-14)16(3,4)5/h6,8,11H,7,9-10,12H2,1-5H3,(H2,17,18,20). The molecule has 0 amide bonds. The lowest BCUT2D eigenvalue weighted by Gasteiger charge is -2.13. The number of hydrogen-bond donors (Lipinski definition) is 2. The Bertz CT molecular complexity index is 469. The van der Waals surface area contributed by atoms with Gasteiger partial charge in [0.25, 0.3) is 0 Å². The molecule has 0 unspecified atom stereocenters. The van der Waals surface area contributed by atoms with Gasteiger partial charge in [-0.3, -0.25) is 0 Å².